The molecule has 30 heavy (non-hydrogen) atoms. The van der Waals surface area contributed by atoms with Crippen LogP contribution in [0.15, 0.2) is 10.6 Å². The number of carbonyl (C=O) groups is 2. The van der Waals surface area contributed by atoms with E-state index in [1.54, 1.807) is 17.9 Å². The molecule has 0 bridgehead atoms. The van der Waals surface area contributed by atoms with Crippen LogP contribution in [0.2, 0.25) is 10.0 Å². The maximum atomic E-state index is 13.4. The van der Waals surface area contributed by atoms with Crippen molar-refractivity contribution in [3.63, 3.8) is 0 Å². The van der Waals surface area contributed by atoms with Gasteiger partial charge in [0, 0.05) is 35.3 Å². The molecule has 1 N–H and O–H groups in total. The highest BCUT2D eigenvalue weighted by Gasteiger charge is 2.37. The Morgan fingerprint density at radius 3 is 2.60 bits per heavy atom. The number of nitrogens with one attached hydrogen (secondary N) is 1. The molecule has 3 unspecified atom stereocenters. The predicted octanol–water partition coefficient (Wildman–Crippen LogP) is 4.42. The highest BCUT2D eigenvalue weighted by Crippen LogP contribution is 2.41. The number of aryl methyl sites for hydroxylation is 2. The molecule has 8 heteroatoms. The summed E-state index contributed by atoms with van der Waals surface area (Å²) in [7, 11) is 0. The van der Waals surface area contributed by atoms with Crippen molar-refractivity contribution in [1.82, 2.24) is 15.4 Å². The van der Waals surface area contributed by atoms with Gasteiger partial charge in [-0.2, -0.15) is 0 Å². The lowest BCUT2D eigenvalue weighted by molar-refractivity contribution is -0.130. The van der Waals surface area contributed by atoms with Crippen LogP contribution in [-0.4, -0.2) is 41.0 Å². The standard InChI is InChI=1S/C22H25Cl2N3O3/c1-10-7-11(2)25-21(28)16(10)9-27-6-5-14-17(23)8-15(20(24)19(14)22(27)29)18-12(3)26-30-13(18)4/h8,10-11,16H,5-7,9H2,1-4H3,(H,25,28). The van der Waals surface area contributed by atoms with E-state index >= 15 is 0 Å². The zero-order valence-electron chi connectivity index (χ0n) is 17.5. The Balaban J connectivity index is 1.70. The van der Waals surface area contributed by atoms with Gasteiger partial charge in [0.15, 0.2) is 0 Å². The van der Waals surface area contributed by atoms with Crippen LogP contribution in [-0.2, 0) is 11.2 Å². The van der Waals surface area contributed by atoms with E-state index < -0.39 is 0 Å². The molecule has 0 saturated carbocycles. The van der Waals surface area contributed by atoms with E-state index in [2.05, 4.69) is 17.4 Å². The number of amides is 2. The third-order valence-electron chi connectivity index (χ3n) is 6.31. The molecule has 3 heterocycles. The maximum absolute atomic E-state index is 13.4. The van der Waals surface area contributed by atoms with Crippen LogP contribution >= 0.6 is 23.2 Å². The number of carbonyl (C=O) groups excluding carboxylic acids is 2. The molecule has 160 valence electrons. The summed E-state index contributed by atoms with van der Waals surface area (Å²) in [6.07, 6.45) is 1.50. The highest BCUT2D eigenvalue weighted by molar-refractivity contribution is 6.39. The van der Waals surface area contributed by atoms with Crippen LogP contribution in [0, 0.1) is 25.7 Å². The van der Waals surface area contributed by atoms with E-state index in [1.807, 2.05) is 13.8 Å². The number of nitrogens with zero attached hydrogens (tertiary/aromatic N) is 2. The highest BCUT2D eigenvalue weighted by atomic mass is 35.5. The second kappa shape index (κ2) is 7.89. The maximum Gasteiger partial charge on any atom is 0.255 e. The molecule has 1 aromatic heterocycles. The van der Waals surface area contributed by atoms with Crippen LogP contribution in [0.4, 0.5) is 0 Å². The van der Waals surface area contributed by atoms with Crippen molar-refractivity contribution in [2.24, 2.45) is 11.8 Å². The molecule has 0 spiro atoms. The molecule has 2 amide bonds. The van der Waals surface area contributed by atoms with Crippen molar-refractivity contribution in [3.8, 4) is 11.1 Å². The number of fused-ring (bicyclic) bond motifs is 1. The Morgan fingerprint density at radius 2 is 1.97 bits per heavy atom. The molecule has 4 rings (SSSR count). The lowest BCUT2D eigenvalue weighted by Gasteiger charge is -2.38. The van der Waals surface area contributed by atoms with Crippen molar-refractivity contribution < 1.29 is 14.1 Å². The van der Waals surface area contributed by atoms with Gasteiger partial charge < -0.3 is 14.7 Å². The Morgan fingerprint density at radius 1 is 1.23 bits per heavy atom. The van der Waals surface area contributed by atoms with Gasteiger partial charge in [-0.3, -0.25) is 9.59 Å². The van der Waals surface area contributed by atoms with Crippen molar-refractivity contribution >= 4 is 35.0 Å². The number of hydrogen-bond acceptors (Lipinski definition) is 4. The van der Waals surface area contributed by atoms with E-state index in [-0.39, 0.29) is 29.7 Å². The average Bonchev–Trinajstić information content (AvgIpc) is 3.00. The average molecular weight is 450 g/mol. The third kappa shape index (κ3) is 3.50. The quantitative estimate of drug-likeness (QED) is 0.751. The number of benzene rings is 1. The molecule has 1 fully saturated rings. The Labute approximate surface area is 185 Å². The first-order chi connectivity index (χ1) is 14.2. The Hall–Kier alpha value is -2.05. The summed E-state index contributed by atoms with van der Waals surface area (Å²) in [6, 6.07) is 1.95. The molecule has 2 aromatic rings. The molecule has 2 aliphatic heterocycles. The SMILES string of the molecule is Cc1noc(C)c1-c1cc(Cl)c2c(c1Cl)C(=O)N(CC1C(=O)NC(C)CC1C)CC2. The van der Waals surface area contributed by atoms with Crippen molar-refractivity contribution in [3.05, 3.63) is 38.7 Å². The normalized spacial score (nSPS) is 24.1. The van der Waals surface area contributed by atoms with Crippen LogP contribution < -0.4 is 5.32 Å². The van der Waals surface area contributed by atoms with Gasteiger partial charge in [0.1, 0.15) is 5.76 Å². The monoisotopic (exact) mass is 449 g/mol. The van der Waals surface area contributed by atoms with Gasteiger partial charge in [0.2, 0.25) is 5.91 Å². The minimum atomic E-state index is -0.230. The van der Waals surface area contributed by atoms with Gasteiger partial charge in [-0.25, -0.2) is 0 Å². The Kier molecular flexibility index (Phi) is 5.58. The fourth-order valence-electron chi connectivity index (χ4n) is 4.75. The lowest BCUT2D eigenvalue weighted by atomic mass is 9.83. The third-order valence-corrected chi connectivity index (χ3v) is 7.04. The van der Waals surface area contributed by atoms with E-state index in [0.29, 0.717) is 52.1 Å². The Bertz CT molecular complexity index is 1010. The first kappa shape index (κ1) is 21.2. The molecule has 1 saturated heterocycles. The van der Waals surface area contributed by atoms with Crippen LogP contribution in [0.25, 0.3) is 11.1 Å². The van der Waals surface area contributed by atoms with E-state index in [4.69, 9.17) is 27.7 Å². The molecule has 6 nitrogen and oxygen atoms in total. The van der Waals surface area contributed by atoms with Gasteiger partial charge in [-0.1, -0.05) is 35.3 Å². The second-order valence-electron chi connectivity index (χ2n) is 8.50. The van der Waals surface area contributed by atoms with Crippen molar-refractivity contribution in [2.45, 2.75) is 46.6 Å². The van der Waals surface area contributed by atoms with Crippen LogP contribution in [0.3, 0.4) is 0 Å². The summed E-state index contributed by atoms with van der Waals surface area (Å²) >= 11 is 13.3. The molecular formula is C22H25Cl2N3O3. The summed E-state index contributed by atoms with van der Waals surface area (Å²) in [4.78, 5) is 27.7. The van der Waals surface area contributed by atoms with Gasteiger partial charge in [-0.05, 0) is 51.2 Å². The van der Waals surface area contributed by atoms with Gasteiger partial charge in [0.05, 0.1) is 22.2 Å². The zero-order chi connectivity index (χ0) is 21.7. The summed E-state index contributed by atoms with van der Waals surface area (Å²) in [5, 5.41) is 7.86. The number of rotatable bonds is 3. The molecular weight excluding hydrogens is 425 g/mol. The van der Waals surface area contributed by atoms with Gasteiger partial charge in [0.25, 0.3) is 5.91 Å². The van der Waals surface area contributed by atoms with Crippen molar-refractivity contribution in [2.75, 3.05) is 13.1 Å². The lowest BCUT2D eigenvalue weighted by Crippen LogP contribution is -2.52. The fourth-order valence-corrected chi connectivity index (χ4v) is 5.39. The van der Waals surface area contributed by atoms with Crippen LogP contribution in [0.1, 0.15) is 47.6 Å². The first-order valence-electron chi connectivity index (χ1n) is 10.2. The molecule has 2 aliphatic rings. The van der Waals surface area contributed by atoms with Gasteiger partial charge >= 0.3 is 0 Å². The predicted molar refractivity (Wildman–Crippen MR) is 116 cm³/mol. The molecule has 0 radical (unpaired) electrons. The molecule has 3 atom stereocenters. The summed E-state index contributed by atoms with van der Waals surface area (Å²) < 4.78 is 5.28. The van der Waals surface area contributed by atoms with Crippen LogP contribution in [0.5, 0.6) is 0 Å². The summed E-state index contributed by atoms with van der Waals surface area (Å²) in [5.74, 6) is 0.415. The zero-order valence-corrected chi connectivity index (χ0v) is 19.0. The minimum absolute atomic E-state index is 0.00782. The second-order valence-corrected chi connectivity index (χ2v) is 9.29. The molecule has 0 aliphatic carbocycles. The minimum Gasteiger partial charge on any atom is -0.361 e. The topological polar surface area (TPSA) is 75.4 Å². The van der Waals surface area contributed by atoms with E-state index in [0.717, 1.165) is 17.5 Å². The van der Waals surface area contributed by atoms with Crippen molar-refractivity contribution in [1.29, 1.82) is 0 Å². The molecule has 1 aromatic carbocycles. The fraction of sp³-hybridized carbons (Fsp3) is 0.500. The van der Waals surface area contributed by atoms with Gasteiger partial charge in [-0.15, -0.1) is 0 Å². The summed E-state index contributed by atoms with van der Waals surface area (Å²) in [6.45, 7) is 8.59. The largest absolute Gasteiger partial charge is 0.361 e. The van der Waals surface area contributed by atoms with E-state index in [1.165, 1.54) is 0 Å². The number of hydrogen-bond donors (Lipinski definition) is 1. The summed E-state index contributed by atoms with van der Waals surface area (Å²) in [5.41, 5.74) is 3.26. The number of piperidine rings is 1. The van der Waals surface area contributed by atoms with E-state index in [9.17, 15) is 9.59 Å². The first-order valence-corrected chi connectivity index (χ1v) is 11.0. The number of aromatic nitrogens is 1. The smallest absolute Gasteiger partial charge is 0.255 e. The number of halogens is 2.